The van der Waals surface area contributed by atoms with Crippen LogP contribution in [0.5, 0.6) is 5.75 Å². The molecule has 1 aromatic carbocycles. The number of halogens is 1. The van der Waals surface area contributed by atoms with E-state index in [9.17, 15) is 9.18 Å². The molecule has 1 amide bonds. The van der Waals surface area contributed by atoms with Crippen molar-refractivity contribution in [3.63, 3.8) is 0 Å². The van der Waals surface area contributed by atoms with Crippen LogP contribution in [-0.4, -0.2) is 43.3 Å². The van der Waals surface area contributed by atoms with Crippen LogP contribution in [0.25, 0.3) is 27.4 Å². The molecule has 0 aliphatic heterocycles. The van der Waals surface area contributed by atoms with E-state index in [-0.39, 0.29) is 23.7 Å². The fraction of sp³-hybridized carbons (Fsp3) is 0.259. The Balaban J connectivity index is 1.23. The van der Waals surface area contributed by atoms with Crippen LogP contribution >= 0.6 is 11.3 Å². The zero-order valence-corrected chi connectivity index (χ0v) is 21.2. The molecular weight excluding hydrogens is 491 g/mol. The predicted octanol–water partition coefficient (Wildman–Crippen LogP) is 5.39. The molecule has 0 radical (unpaired) electrons. The van der Waals surface area contributed by atoms with Gasteiger partial charge >= 0.3 is 0 Å². The standard InChI is InChI=1S/C27H25FN6O2S/c1-3-36-18-8-9-20(29-14-18)26-33-32-25(34(26)23-7-5-4-6-19(23)28)16-11-17(12-16)30-27(35)22-13-24-21(31-22)10-15(2)37-24/h4-10,13-14,16-17,31H,3,11-12H2,1-2H3,(H,30,35). The number of para-hydroxylation sites is 1. The van der Waals surface area contributed by atoms with E-state index in [1.165, 1.54) is 10.9 Å². The minimum absolute atomic E-state index is 0.00149. The maximum atomic E-state index is 14.9. The molecule has 0 unspecified atom stereocenters. The maximum absolute atomic E-state index is 14.9. The first kappa shape index (κ1) is 23.4. The van der Waals surface area contributed by atoms with Crippen LogP contribution in [0, 0.1) is 12.7 Å². The van der Waals surface area contributed by atoms with Gasteiger partial charge in [0, 0.05) is 16.8 Å². The van der Waals surface area contributed by atoms with E-state index in [2.05, 4.69) is 25.5 Å². The minimum Gasteiger partial charge on any atom is -0.492 e. The summed E-state index contributed by atoms with van der Waals surface area (Å²) in [6, 6.07) is 14.1. The van der Waals surface area contributed by atoms with Gasteiger partial charge in [0.1, 0.15) is 28.8 Å². The Kier molecular flexibility index (Phi) is 5.96. The van der Waals surface area contributed by atoms with E-state index >= 15 is 0 Å². The number of hydrogen-bond acceptors (Lipinski definition) is 6. The minimum atomic E-state index is -0.373. The number of carbonyl (C=O) groups excluding carboxylic acids is 1. The van der Waals surface area contributed by atoms with Crippen molar-refractivity contribution in [3.05, 3.63) is 76.9 Å². The normalized spacial score (nSPS) is 17.1. The Morgan fingerprint density at radius 1 is 1.22 bits per heavy atom. The van der Waals surface area contributed by atoms with Gasteiger partial charge in [-0.05, 0) is 63.1 Å². The quantitative estimate of drug-likeness (QED) is 0.302. The molecule has 1 saturated carbocycles. The molecule has 10 heteroatoms. The largest absolute Gasteiger partial charge is 0.492 e. The third-order valence-electron chi connectivity index (χ3n) is 6.57. The van der Waals surface area contributed by atoms with E-state index in [1.807, 2.05) is 32.0 Å². The molecule has 37 heavy (non-hydrogen) atoms. The van der Waals surface area contributed by atoms with Crippen LogP contribution in [-0.2, 0) is 0 Å². The van der Waals surface area contributed by atoms with E-state index < -0.39 is 0 Å². The molecule has 6 rings (SSSR count). The molecule has 2 N–H and O–H groups in total. The van der Waals surface area contributed by atoms with Crippen LogP contribution < -0.4 is 10.1 Å². The second-order valence-electron chi connectivity index (χ2n) is 9.14. The van der Waals surface area contributed by atoms with E-state index in [4.69, 9.17) is 4.74 Å². The first-order valence-electron chi connectivity index (χ1n) is 12.2. The number of aryl methyl sites for hydroxylation is 1. The predicted molar refractivity (Wildman–Crippen MR) is 140 cm³/mol. The highest BCUT2D eigenvalue weighted by molar-refractivity contribution is 7.19. The number of fused-ring (bicyclic) bond motifs is 1. The smallest absolute Gasteiger partial charge is 0.267 e. The van der Waals surface area contributed by atoms with Crippen molar-refractivity contribution in [2.45, 2.75) is 38.6 Å². The van der Waals surface area contributed by atoms with Crippen LogP contribution in [0.2, 0.25) is 0 Å². The summed E-state index contributed by atoms with van der Waals surface area (Å²) in [6.07, 6.45) is 2.99. The molecule has 1 aliphatic carbocycles. The first-order chi connectivity index (χ1) is 18.0. The van der Waals surface area contributed by atoms with E-state index in [0.29, 0.717) is 53.9 Å². The number of carbonyl (C=O) groups is 1. The summed E-state index contributed by atoms with van der Waals surface area (Å²) in [6.45, 7) is 4.49. The summed E-state index contributed by atoms with van der Waals surface area (Å²) in [5.41, 5.74) is 2.47. The van der Waals surface area contributed by atoms with Gasteiger partial charge in [0.15, 0.2) is 5.82 Å². The molecule has 188 valence electrons. The van der Waals surface area contributed by atoms with Crippen LogP contribution in [0.1, 0.15) is 46.9 Å². The third-order valence-corrected chi connectivity index (χ3v) is 7.57. The van der Waals surface area contributed by atoms with Gasteiger partial charge in [-0.3, -0.25) is 9.36 Å². The lowest BCUT2D eigenvalue weighted by Crippen LogP contribution is -2.44. The Morgan fingerprint density at radius 2 is 2.05 bits per heavy atom. The fourth-order valence-electron chi connectivity index (χ4n) is 4.74. The van der Waals surface area contributed by atoms with Crippen LogP contribution in [0.4, 0.5) is 4.39 Å². The molecule has 1 aliphatic rings. The van der Waals surface area contributed by atoms with Gasteiger partial charge in [0.2, 0.25) is 0 Å². The lowest BCUT2D eigenvalue weighted by atomic mass is 9.79. The lowest BCUT2D eigenvalue weighted by Gasteiger charge is -2.35. The molecule has 1 fully saturated rings. The summed E-state index contributed by atoms with van der Waals surface area (Å²) in [5, 5.41) is 11.9. The lowest BCUT2D eigenvalue weighted by molar-refractivity contribution is 0.0903. The van der Waals surface area contributed by atoms with Crippen molar-refractivity contribution >= 4 is 27.5 Å². The average Bonchev–Trinajstić information content (AvgIpc) is 3.55. The van der Waals surface area contributed by atoms with Crippen molar-refractivity contribution in [1.29, 1.82) is 0 Å². The summed E-state index contributed by atoms with van der Waals surface area (Å²) in [7, 11) is 0. The monoisotopic (exact) mass is 516 g/mol. The molecule has 5 aromatic rings. The number of hydrogen-bond donors (Lipinski definition) is 2. The summed E-state index contributed by atoms with van der Waals surface area (Å²) in [4.78, 5) is 21.7. The summed E-state index contributed by atoms with van der Waals surface area (Å²) in [5.74, 6) is 1.28. The number of aromatic amines is 1. The molecule has 0 bridgehead atoms. The van der Waals surface area contributed by atoms with Gasteiger partial charge in [-0.25, -0.2) is 9.37 Å². The van der Waals surface area contributed by atoms with Crippen molar-refractivity contribution in [3.8, 4) is 23.0 Å². The van der Waals surface area contributed by atoms with Crippen LogP contribution in [0.15, 0.2) is 54.7 Å². The van der Waals surface area contributed by atoms with Gasteiger partial charge in [-0.1, -0.05) is 12.1 Å². The van der Waals surface area contributed by atoms with Crippen molar-refractivity contribution in [1.82, 2.24) is 30.0 Å². The topological polar surface area (TPSA) is 97.7 Å². The Labute approximate surface area is 216 Å². The van der Waals surface area contributed by atoms with Crippen molar-refractivity contribution in [2.24, 2.45) is 0 Å². The van der Waals surface area contributed by atoms with Crippen LogP contribution in [0.3, 0.4) is 0 Å². The molecule has 0 atom stereocenters. The molecule has 0 saturated heterocycles. The number of benzene rings is 1. The number of aromatic nitrogens is 5. The Morgan fingerprint density at radius 3 is 2.78 bits per heavy atom. The molecule has 4 aromatic heterocycles. The highest BCUT2D eigenvalue weighted by Crippen LogP contribution is 2.39. The number of nitrogens with zero attached hydrogens (tertiary/aromatic N) is 4. The van der Waals surface area contributed by atoms with E-state index in [0.717, 1.165) is 10.2 Å². The third kappa shape index (κ3) is 4.37. The molecule has 8 nitrogen and oxygen atoms in total. The van der Waals surface area contributed by atoms with Crippen molar-refractivity contribution in [2.75, 3.05) is 6.61 Å². The van der Waals surface area contributed by atoms with Gasteiger partial charge < -0.3 is 15.0 Å². The van der Waals surface area contributed by atoms with Gasteiger partial charge in [0.05, 0.1) is 28.7 Å². The summed E-state index contributed by atoms with van der Waals surface area (Å²) >= 11 is 1.66. The molecule has 4 heterocycles. The number of rotatable bonds is 7. The number of nitrogens with one attached hydrogen (secondary N) is 2. The number of amides is 1. The zero-order valence-electron chi connectivity index (χ0n) is 20.4. The fourth-order valence-corrected chi connectivity index (χ4v) is 5.66. The summed E-state index contributed by atoms with van der Waals surface area (Å²) < 4.78 is 23.2. The highest BCUT2D eigenvalue weighted by atomic mass is 32.1. The second kappa shape index (κ2) is 9.44. The molecular formula is C27H25FN6O2S. The zero-order chi connectivity index (χ0) is 25.5. The SMILES string of the molecule is CCOc1ccc(-c2nnc(C3CC(NC(=O)c4cc5sc(C)cc5[nH]4)C3)n2-c2ccccc2F)nc1. The second-order valence-corrected chi connectivity index (χ2v) is 10.4. The van der Waals surface area contributed by atoms with E-state index in [1.54, 1.807) is 46.4 Å². The number of pyridine rings is 1. The first-order valence-corrected chi connectivity index (χ1v) is 13.0. The van der Waals surface area contributed by atoms with Crippen molar-refractivity contribution < 1.29 is 13.9 Å². The van der Waals surface area contributed by atoms with Gasteiger partial charge in [-0.2, -0.15) is 0 Å². The number of thiophene rings is 1. The van der Waals surface area contributed by atoms with Gasteiger partial charge in [0.25, 0.3) is 5.91 Å². The number of H-pyrrole nitrogens is 1. The molecule has 0 spiro atoms. The Hall–Kier alpha value is -4.05. The Bertz CT molecular complexity index is 1550. The number of ether oxygens (including phenoxy) is 1. The maximum Gasteiger partial charge on any atom is 0.267 e. The average molecular weight is 517 g/mol. The highest BCUT2D eigenvalue weighted by Gasteiger charge is 2.36. The van der Waals surface area contributed by atoms with Gasteiger partial charge in [-0.15, -0.1) is 21.5 Å².